The number of aromatic hydroxyl groups is 1. The SMILES string of the molecule is O=C(O)[C@H](Cc1ccc(O)cc1)N(P)C(=O)O. The predicted molar refractivity (Wildman–Crippen MR) is 62.8 cm³/mol. The van der Waals surface area contributed by atoms with Crippen molar-refractivity contribution < 1.29 is 24.9 Å². The Morgan fingerprint density at radius 2 is 1.76 bits per heavy atom. The molecular formula is C10H12NO5P. The van der Waals surface area contributed by atoms with Gasteiger partial charge < -0.3 is 15.3 Å². The Morgan fingerprint density at radius 1 is 1.24 bits per heavy atom. The number of hydrogen-bond donors (Lipinski definition) is 3. The summed E-state index contributed by atoms with van der Waals surface area (Å²) in [7, 11) is 1.87. The molecule has 1 amide bonds. The summed E-state index contributed by atoms with van der Waals surface area (Å²) in [4.78, 5) is 21.6. The van der Waals surface area contributed by atoms with Gasteiger partial charge in [0.05, 0.1) is 0 Å². The van der Waals surface area contributed by atoms with Crippen molar-refractivity contribution in [2.45, 2.75) is 12.5 Å². The molecule has 0 aliphatic carbocycles. The van der Waals surface area contributed by atoms with Gasteiger partial charge in [-0.2, -0.15) is 0 Å². The summed E-state index contributed by atoms with van der Waals surface area (Å²) in [5, 5.41) is 26.7. The molecule has 7 heteroatoms. The fourth-order valence-corrected chi connectivity index (χ4v) is 1.53. The molecule has 0 aromatic heterocycles. The number of hydrogen-bond acceptors (Lipinski definition) is 3. The molecule has 0 aliphatic rings. The fraction of sp³-hybridized carbons (Fsp3) is 0.200. The van der Waals surface area contributed by atoms with Crippen LogP contribution in [0.15, 0.2) is 24.3 Å². The van der Waals surface area contributed by atoms with Gasteiger partial charge in [0.1, 0.15) is 11.8 Å². The zero-order chi connectivity index (χ0) is 13.0. The molecule has 1 aromatic carbocycles. The van der Waals surface area contributed by atoms with Gasteiger partial charge in [0.2, 0.25) is 0 Å². The molecule has 0 saturated carbocycles. The van der Waals surface area contributed by atoms with Crippen LogP contribution < -0.4 is 0 Å². The lowest BCUT2D eigenvalue weighted by molar-refractivity contribution is -0.140. The molecule has 92 valence electrons. The molecule has 0 saturated heterocycles. The second-order valence-electron chi connectivity index (χ2n) is 3.41. The monoisotopic (exact) mass is 257 g/mol. The van der Waals surface area contributed by atoms with Crippen molar-refractivity contribution in [3.05, 3.63) is 29.8 Å². The zero-order valence-corrected chi connectivity index (χ0v) is 9.93. The maximum absolute atomic E-state index is 10.9. The van der Waals surface area contributed by atoms with Crippen LogP contribution in [0.2, 0.25) is 0 Å². The van der Waals surface area contributed by atoms with Crippen LogP contribution in [-0.2, 0) is 11.2 Å². The van der Waals surface area contributed by atoms with Gasteiger partial charge in [0.25, 0.3) is 0 Å². The van der Waals surface area contributed by atoms with Gasteiger partial charge in [-0.15, -0.1) is 0 Å². The Hall–Kier alpha value is -1.81. The zero-order valence-electron chi connectivity index (χ0n) is 8.78. The van der Waals surface area contributed by atoms with E-state index in [1.165, 1.54) is 12.1 Å². The molecule has 0 spiro atoms. The number of phenols is 1. The standard InChI is InChI=1S/C10H12NO5P/c12-7-3-1-6(2-4-7)5-8(9(13)14)11(17)10(15)16/h1-4,8,12H,5,17H2,(H,13,14)(H,15,16)/t8-/m0/s1. The molecule has 0 fully saturated rings. The lowest BCUT2D eigenvalue weighted by Crippen LogP contribution is -2.39. The summed E-state index contributed by atoms with van der Waals surface area (Å²) in [6.07, 6.45) is -1.30. The van der Waals surface area contributed by atoms with Crippen LogP contribution in [0.5, 0.6) is 5.75 Å². The Balaban J connectivity index is 2.84. The normalized spacial score (nSPS) is 11.8. The molecule has 0 bridgehead atoms. The van der Waals surface area contributed by atoms with Crippen LogP contribution in [0.3, 0.4) is 0 Å². The van der Waals surface area contributed by atoms with E-state index in [9.17, 15) is 9.59 Å². The highest BCUT2D eigenvalue weighted by Crippen LogP contribution is 2.16. The minimum atomic E-state index is -1.33. The van der Waals surface area contributed by atoms with Gasteiger partial charge in [-0.05, 0) is 27.1 Å². The van der Waals surface area contributed by atoms with Gasteiger partial charge in [0.15, 0.2) is 0 Å². The maximum Gasteiger partial charge on any atom is 0.410 e. The number of aliphatic carboxylic acids is 1. The van der Waals surface area contributed by atoms with Crippen LogP contribution in [0, 0.1) is 0 Å². The lowest BCUT2D eigenvalue weighted by Gasteiger charge is -2.21. The Labute approximate surface area is 99.7 Å². The first-order chi connectivity index (χ1) is 7.91. The predicted octanol–water partition coefficient (Wildman–Crippen LogP) is 1.16. The molecule has 1 aromatic rings. The first-order valence-electron chi connectivity index (χ1n) is 4.69. The molecule has 0 aliphatic heterocycles. The van der Waals surface area contributed by atoms with E-state index in [4.69, 9.17) is 15.3 Å². The van der Waals surface area contributed by atoms with E-state index < -0.39 is 18.1 Å². The number of carboxylic acids is 1. The molecule has 1 rings (SSSR count). The van der Waals surface area contributed by atoms with E-state index in [0.717, 1.165) is 0 Å². The minimum absolute atomic E-state index is 0.0331. The first-order valence-corrected chi connectivity index (χ1v) is 5.21. The van der Waals surface area contributed by atoms with E-state index in [1.54, 1.807) is 12.1 Å². The van der Waals surface area contributed by atoms with E-state index in [0.29, 0.717) is 10.2 Å². The second-order valence-corrected chi connectivity index (χ2v) is 3.97. The van der Waals surface area contributed by atoms with Crippen LogP contribution in [0.4, 0.5) is 4.79 Å². The molecular weight excluding hydrogens is 245 g/mol. The van der Waals surface area contributed by atoms with Gasteiger partial charge in [-0.25, -0.2) is 9.59 Å². The number of amides is 1. The van der Waals surface area contributed by atoms with Crippen LogP contribution in [-0.4, -0.2) is 38.1 Å². The van der Waals surface area contributed by atoms with Crippen molar-refractivity contribution in [2.24, 2.45) is 0 Å². The third-order valence-corrected chi connectivity index (χ3v) is 2.79. The van der Waals surface area contributed by atoms with E-state index in [1.807, 2.05) is 9.39 Å². The van der Waals surface area contributed by atoms with E-state index >= 15 is 0 Å². The van der Waals surface area contributed by atoms with Crippen molar-refractivity contribution >= 4 is 21.5 Å². The van der Waals surface area contributed by atoms with Crippen LogP contribution >= 0.6 is 9.39 Å². The highest BCUT2D eigenvalue weighted by molar-refractivity contribution is 7.14. The van der Waals surface area contributed by atoms with Gasteiger partial charge in [-0.3, -0.25) is 4.67 Å². The average Bonchev–Trinajstić information content (AvgIpc) is 2.26. The molecule has 1 unspecified atom stereocenters. The summed E-state index contributed by atoms with van der Waals surface area (Å²) in [6.45, 7) is 0. The summed E-state index contributed by atoms with van der Waals surface area (Å²) in [5.41, 5.74) is 0.629. The third kappa shape index (κ3) is 3.60. The highest BCUT2D eigenvalue weighted by Gasteiger charge is 2.26. The van der Waals surface area contributed by atoms with Crippen LogP contribution in [0.25, 0.3) is 0 Å². The fourth-order valence-electron chi connectivity index (χ4n) is 1.29. The van der Waals surface area contributed by atoms with E-state index in [-0.39, 0.29) is 12.2 Å². The summed E-state index contributed by atoms with van der Waals surface area (Å²) in [6, 6.07) is 4.75. The minimum Gasteiger partial charge on any atom is -0.508 e. The number of nitrogens with zero attached hydrogens (tertiary/aromatic N) is 1. The van der Waals surface area contributed by atoms with Gasteiger partial charge >= 0.3 is 12.1 Å². The first kappa shape index (κ1) is 13.3. The van der Waals surface area contributed by atoms with E-state index in [2.05, 4.69) is 0 Å². The number of carboxylic acid groups (broad SMARTS) is 2. The molecule has 3 N–H and O–H groups in total. The number of benzene rings is 1. The number of rotatable bonds is 4. The van der Waals surface area contributed by atoms with Crippen LogP contribution in [0.1, 0.15) is 5.56 Å². The number of phenolic OH excluding ortho intramolecular Hbond substituents is 1. The Kier molecular flexibility index (Phi) is 4.29. The highest BCUT2D eigenvalue weighted by atomic mass is 31.0. The largest absolute Gasteiger partial charge is 0.508 e. The number of carbonyl (C=O) groups is 2. The third-order valence-electron chi connectivity index (χ3n) is 2.21. The smallest absolute Gasteiger partial charge is 0.410 e. The summed E-state index contributed by atoms with van der Waals surface area (Å²) < 4.78 is 0.662. The van der Waals surface area contributed by atoms with Gasteiger partial charge in [-0.1, -0.05) is 12.1 Å². The lowest BCUT2D eigenvalue weighted by atomic mass is 10.1. The average molecular weight is 257 g/mol. The molecule has 0 heterocycles. The second kappa shape index (κ2) is 5.50. The van der Waals surface area contributed by atoms with Crippen molar-refractivity contribution in [2.75, 3.05) is 0 Å². The maximum atomic E-state index is 10.9. The summed E-state index contributed by atoms with van der Waals surface area (Å²) in [5.74, 6) is -1.16. The Bertz CT molecular complexity index is 419. The molecule has 6 nitrogen and oxygen atoms in total. The van der Waals surface area contributed by atoms with Crippen molar-refractivity contribution in [1.29, 1.82) is 0 Å². The quantitative estimate of drug-likeness (QED) is 0.703. The van der Waals surface area contributed by atoms with Crippen molar-refractivity contribution in [1.82, 2.24) is 4.67 Å². The Morgan fingerprint density at radius 3 is 2.18 bits per heavy atom. The molecule has 0 radical (unpaired) electrons. The van der Waals surface area contributed by atoms with Crippen molar-refractivity contribution in [3.63, 3.8) is 0 Å². The summed E-state index contributed by atoms with van der Waals surface area (Å²) >= 11 is 0. The van der Waals surface area contributed by atoms with Crippen molar-refractivity contribution in [3.8, 4) is 5.75 Å². The molecule has 2 atom stereocenters. The van der Waals surface area contributed by atoms with Gasteiger partial charge in [0, 0.05) is 6.42 Å². The topological polar surface area (TPSA) is 98.1 Å². The molecule has 17 heavy (non-hydrogen) atoms.